The molecule has 0 saturated carbocycles. The van der Waals surface area contributed by atoms with Gasteiger partial charge >= 0.3 is 5.97 Å². The summed E-state index contributed by atoms with van der Waals surface area (Å²) >= 11 is 0. The molecule has 1 saturated heterocycles. The molecular formula is C13H22O5. The van der Waals surface area contributed by atoms with Crippen molar-refractivity contribution in [2.45, 2.75) is 57.7 Å². The second kappa shape index (κ2) is 8.21. The van der Waals surface area contributed by atoms with Gasteiger partial charge in [0.2, 0.25) is 0 Å². The Morgan fingerprint density at radius 3 is 2.56 bits per heavy atom. The monoisotopic (exact) mass is 258 g/mol. The highest BCUT2D eigenvalue weighted by molar-refractivity contribution is 5.82. The molecule has 18 heavy (non-hydrogen) atoms. The van der Waals surface area contributed by atoms with Gasteiger partial charge in [-0.15, -0.1) is 0 Å². The molecule has 1 heterocycles. The highest BCUT2D eigenvalue weighted by Gasteiger charge is 2.24. The first-order valence-electron chi connectivity index (χ1n) is 6.59. The van der Waals surface area contributed by atoms with Crippen LogP contribution in [0.3, 0.4) is 0 Å². The third-order valence-corrected chi connectivity index (χ3v) is 3.06. The lowest BCUT2D eigenvalue weighted by Crippen LogP contribution is -2.15. The molecule has 1 rings (SSSR count). The van der Waals surface area contributed by atoms with Crippen LogP contribution in [0.2, 0.25) is 0 Å². The SMILES string of the molecule is CCOC(=O)CCC(=O)CCC1CCC(CO)O1. The quantitative estimate of drug-likeness (QED) is 0.663. The van der Waals surface area contributed by atoms with E-state index in [0.29, 0.717) is 19.4 Å². The molecule has 0 amide bonds. The molecule has 0 aromatic heterocycles. The summed E-state index contributed by atoms with van der Waals surface area (Å²) in [6.07, 6.45) is 3.29. The summed E-state index contributed by atoms with van der Waals surface area (Å²) in [6, 6.07) is 0. The van der Waals surface area contributed by atoms with E-state index < -0.39 is 0 Å². The van der Waals surface area contributed by atoms with E-state index in [1.54, 1.807) is 6.92 Å². The van der Waals surface area contributed by atoms with E-state index in [-0.39, 0.29) is 43.4 Å². The Kier molecular flexibility index (Phi) is 6.90. The Morgan fingerprint density at radius 2 is 1.94 bits per heavy atom. The summed E-state index contributed by atoms with van der Waals surface area (Å²) < 4.78 is 10.3. The number of rotatable bonds is 8. The zero-order valence-corrected chi connectivity index (χ0v) is 10.9. The van der Waals surface area contributed by atoms with Gasteiger partial charge in [-0.1, -0.05) is 0 Å². The predicted octanol–water partition coefficient (Wildman–Crippen LogP) is 1.22. The summed E-state index contributed by atoms with van der Waals surface area (Å²) in [5.74, 6) is -0.248. The van der Waals surface area contributed by atoms with Crippen molar-refractivity contribution in [1.82, 2.24) is 0 Å². The first kappa shape index (κ1) is 15.1. The molecule has 104 valence electrons. The third kappa shape index (κ3) is 5.60. The van der Waals surface area contributed by atoms with Crippen LogP contribution in [0.25, 0.3) is 0 Å². The van der Waals surface area contributed by atoms with Gasteiger partial charge in [0.15, 0.2) is 0 Å². The van der Waals surface area contributed by atoms with Gasteiger partial charge in [0, 0.05) is 12.8 Å². The highest BCUT2D eigenvalue weighted by atomic mass is 16.5. The third-order valence-electron chi connectivity index (χ3n) is 3.06. The standard InChI is InChI=1S/C13H22O5/c1-2-17-13(16)8-4-10(15)3-5-11-6-7-12(9-14)18-11/h11-12,14H,2-9H2,1H3. The number of ketones is 1. The Hall–Kier alpha value is -0.940. The lowest BCUT2D eigenvalue weighted by atomic mass is 10.1. The molecule has 1 aliphatic rings. The van der Waals surface area contributed by atoms with Crippen LogP contribution in [0.4, 0.5) is 0 Å². The molecule has 0 spiro atoms. The first-order valence-corrected chi connectivity index (χ1v) is 6.59. The number of carbonyl (C=O) groups excluding carboxylic acids is 2. The van der Waals surface area contributed by atoms with Crippen molar-refractivity contribution in [3.63, 3.8) is 0 Å². The minimum atomic E-state index is -0.316. The lowest BCUT2D eigenvalue weighted by molar-refractivity contribution is -0.144. The number of carbonyl (C=O) groups is 2. The average Bonchev–Trinajstić information content (AvgIpc) is 2.82. The topological polar surface area (TPSA) is 72.8 Å². The Balaban J connectivity index is 2.08. The van der Waals surface area contributed by atoms with Crippen LogP contribution in [0.5, 0.6) is 0 Å². The van der Waals surface area contributed by atoms with Crippen LogP contribution in [0.15, 0.2) is 0 Å². The van der Waals surface area contributed by atoms with Crippen LogP contribution < -0.4 is 0 Å². The molecule has 1 N–H and O–H groups in total. The molecule has 5 nitrogen and oxygen atoms in total. The van der Waals surface area contributed by atoms with Gasteiger partial charge in [0.1, 0.15) is 5.78 Å². The maximum Gasteiger partial charge on any atom is 0.306 e. The molecule has 0 aliphatic carbocycles. The number of aliphatic hydroxyl groups is 1. The van der Waals surface area contributed by atoms with Gasteiger partial charge in [0.25, 0.3) is 0 Å². The summed E-state index contributed by atoms with van der Waals surface area (Å²) in [4.78, 5) is 22.6. The second-order valence-electron chi connectivity index (χ2n) is 4.52. The van der Waals surface area contributed by atoms with Crippen molar-refractivity contribution in [3.8, 4) is 0 Å². The van der Waals surface area contributed by atoms with Crippen LogP contribution in [-0.2, 0) is 19.1 Å². The fraction of sp³-hybridized carbons (Fsp3) is 0.846. The fourth-order valence-corrected chi connectivity index (χ4v) is 2.05. The summed E-state index contributed by atoms with van der Waals surface area (Å²) in [6.45, 7) is 2.15. The minimum absolute atomic E-state index is 0.0489. The highest BCUT2D eigenvalue weighted by Crippen LogP contribution is 2.23. The zero-order valence-electron chi connectivity index (χ0n) is 10.9. The predicted molar refractivity (Wildman–Crippen MR) is 65.1 cm³/mol. The Morgan fingerprint density at radius 1 is 1.22 bits per heavy atom. The van der Waals surface area contributed by atoms with Gasteiger partial charge in [-0.2, -0.15) is 0 Å². The van der Waals surface area contributed by atoms with Crippen molar-refractivity contribution in [3.05, 3.63) is 0 Å². The van der Waals surface area contributed by atoms with Gasteiger partial charge in [-0.05, 0) is 26.2 Å². The summed E-state index contributed by atoms with van der Waals surface area (Å²) in [5, 5.41) is 8.91. The van der Waals surface area contributed by atoms with Gasteiger partial charge in [-0.3, -0.25) is 9.59 Å². The molecule has 1 fully saturated rings. The van der Waals surface area contributed by atoms with Crippen LogP contribution >= 0.6 is 0 Å². The van der Waals surface area contributed by atoms with E-state index in [1.165, 1.54) is 0 Å². The number of Topliss-reactive ketones (excluding diaryl/α,β-unsaturated/α-hetero) is 1. The lowest BCUT2D eigenvalue weighted by Gasteiger charge is -2.11. The van der Waals surface area contributed by atoms with Crippen molar-refractivity contribution in [2.24, 2.45) is 0 Å². The number of aliphatic hydroxyl groups excluding tert-OH is 1. The van der Waals surface area contributed by atoms with Gasteiger partial charge in [0.05, 0.1) is 31.8 Å². The minimum Gasteiger partial charge on any atom is -0.466 e. The molecule has 2 atom stereocenters. The van der Waals surface area contributed by atoms with Crippen molar-refractivity contribution in [2.75, 3.05) is 13.2 Å². The molecule has 0 bridgehead atoms. The zero-order chi connectivity index (χ0) is 13.4. The van der Waals surface area contributed by atoms with E-state index in [4.69, 9.17) is 14.6 Å². The molecule has 2 unspecified atom stereocenters. The van der Waals surface area contributed by atoms with E-state index in [9.17, 15) is 9.59 Å². The largest absolute Gasteiger partial charge is 0.466 e. The smallest absolute Gasteiger partial charge is 0.306 e. The first-order chi connectivity index (χ1) is 8.65. The summed E-state index contributed by atoms with van der Waals surface area (Å²) in [7, 11) is 0. The van der Waals surface area contributed by atoms with Crippen LogP contribution in [-0.4, -0.2) is 42.3 Å². The van der Waals surface area contributed by atoms with Crippen molar-refractivity contribution >= 4 is 11.8 Å². The molecular weight excluding hydrogens is 236 g/mol. The number of hydrogen-bond acceptors (Lipinski definition) is 5. The molecule has 0 aromatic carbocycles. The van der Waals surface area contributed by atoms with Crippen molar-refractivity contribution in [1.29, 1.82) is 0 Å². The van der Waals surface area contributed by atoms with Crippen LogP contribution in [0, 0.1) is 0 Å². The number of hydrogen-bond donors (Lipinski definition) is 1. The van der Waals surface area contributed by atoms with Crippen molar-refractivity contribution < 1.29 is 24.2 Å². The Labute approximate surface area is 107 Å². The van der Waals surface area contributed by atoms with Crippen LogP contribution in [0.1, 0.15) is 45.4 Å². The van der Waals surface area contributed by atoms with Gasteiger partial charge in [-0.25, -0.2) is 0 Å². The van der Waals surface area contributed by atoms with E-state index in [1.807, 2.05) is 0 Å². The maximum atomic E-state index is 11.5. The van der Waals surface area contributed by atoms with E-state index >= 15 is 0 Å². The molecule has 0 radical (unpaired) electrons. The second-order valence-corrected chi connectivity index (χ2v) is 4.52. The average molecular weight is 258 g/mol. The van der Waals surface area contributed by atoms with E-state index in [0.717, 1.165) is 12.8 Å². The summed E-state index contributed by atoms with van der Waals surface area (Å²) in [5.41, 5.74) is 0. The number of ether oxygens (including phenoxy) is 2. The Bertz CT molecular complexity index is 277. The fourth-order valence-electron chi connectivity index (χ4n) is 2.05. The molecule has 0 aromatic rings. The maximum absolute atomic E-state index is 11.5. The van der Waals surface area contributed by atoms with E-state index in [2.05, 4.69) is 0 Å². The normalized spacial score (nSPS) is 23.0. The molecule has 5 heteroatoms. The van der Waals surface area contributed by atoms with Gasteiger partial charge < -0.3 is 14.6 Å². The molecule has 1 aliphatic heterocycles. The number of esters is 1.